The number of ether oxygens (including phenoxy) is 1. The second kappa shape index (κ2) is 10.8. The maximum atomic E-state index is 13.0. The summed E-state index contributed by atoms with van der Waals surface area (Å²) in [4.78, 5) is 8.55. The van der Waals surface area contributed by atoms with E-state index in [4.69, 9.17) is 4.74 Å². The summed E-state index contributed by atoms with van der Waals surface area (Å²) in [6, 6.07) is 6.07. The third-order valence-corrected chi connectivity index (χ3v) is 2.99. The highest BCUT2D eigenvalue weighted by molar-refractivity contribution is 14.0. The van der Waals surface area contributed by atoms with Gasteiger partial charge >= 0.3 is 0 Å². The minimum atomic E-state index is -0.311. The second-order valence-electron chi connectivity index (χ2n) is 4.73. The van der Waals surface area contributed by atoms with Crippen LogP contribution in [0.5, 0.6) is 5.75 Å². The number of rotatable bonds is 7. The molecule has 0 aliphatic carbocycles. The summed E-state index contributed by atoms with van der Waals surface area (Å²) in [5, 5.41) is 10.3. The van der Waals surface area contributed by atoms with Gasteiger partial charge in [0.05, 0.1) is 6.54 Å². The summed E-state index contributed by atoms with van der Waals surface area (Å²) in [6.45, 7) is 4.10. The minimum absolute atomic E-state index is 0. The molecule has 132 valence electrons. The van der Waals surface area contributed by atoms with Gasteiger partial charge in [-0.2, -0.15) is 5.10 Å². The van der Waals surface area contributed by atoms with E-state index >= 15 is 0 Å². The predicted molar refractivity (Wildman–Crippen MR) is 101 cm³/mol. The lowest BCUT2D eigenvalue weighted by Gasteiger charge is -2.12. The lowest BCUT2D eigenvalue weighted by atomic mass is 10.3. The Morgan fingerprint density at radius 1 is 1.38 bits per heavy atom. The Balaban J connectivity index is 0.00000288. The van der Waals surface area contributed by atoms with E-state index in [0.29, 0.717) is 31.4 Å². The third-order valence-electron chi connectivity index (χ3n) is 2.99. The van der Waals surface area contributed by atoms with Crippen LogP contribution >= 0.6 is 24.0 Å². The first kappa shape index (κ1) is 20.1. The van der Waals surface area contributed by atoms with E-state index in [9.17, 15) is 4.39 Å². The molecule has 0 aliphatic heterocycles. The molecule has 0 bridgehead atoms. The summed E-state index contributed by atoms with van der Waals surface area (Å²) in [7, 11) is 1.82. The number of hydrogen-bond acceptors (Lipinski definition) is 4. The van der Waals surface area contributed by atoms with Crippen molar-refractivity contribution in [2.24, 2.45) is 12.0 Å². The Morgan fingerprint density at radius 2 is 2.21 bits per heavy atom. The van der Waals surface area contributed by atoms with E-state index in [1.165, 1.54) is 18.5 Å². The average Bonchev–Trinajstić information content (AvgIpc) is 2.94. The van der Waals surface area contributed by atoms with Crippen LogP contribution in [-0.2, 0) is 13.6 Å². The van der Waals surface area contributed by atoms with Gasteiger partial charge in [0.2, 0.25) is 0 Å². The maximum absolute atomic E-state index is 13.0. The van der Waals surface area contributed by atoms with E-state index in [0.717, 1.165) is 12.4 Å². The van der Waals surface area contributed by atoms with E-state index in [2.05, 4.69) is 25.7 Å². The number of hydrogen-bond donors (Lipinski definition) is 2. The molecule has 0 radical (unpaired) electrons. The van der Waals surface area contributed by atoms with E-state index < -0.39 is 0 Å². The van der Waals surface area contributed by atoms with Crippen molar-refractivity contribution in [1.82, 2.24) is 25.4 Å². The first-order valence-electron chi connectivity index (χ1n) is 7.42. The summed E-state index contributed by atoms with van der Waals surface area (Å²) in [6.07, 6.45) is 1.50. The summed E-state index contributed by atoms with van der Waals surface area (Å²) < 4.78 is 20.2. The molecule has 2 rings (SSSR count). The molecule has 24 heavy (non-hydrogen) atoms. The van der Waals surface area contributed by atoms with E-state index in [-0.39, 0.29) is 29.8 Å². The van der Waals surface area contributed by atoms with Crippen molar-refractivity contribution in [2.75, 3.05) is 19.7 Å². The molecule has 0 unspecified atom stereocenters. The molecule has 9 heteroatoms. The van der Waals surface area contributed by atoms with Crippen molar-refractivity contribution >= 4 is 29.9 Å². The van der Waals surface area contributed by atoms with Gasteiger partial charge in [-0.3, -0.25) is 4.68 Å². The Morgan fingerprint density at radius 3 is 2.88 bits per heavy atom. The van der Waals surface area contributed by atoms with Gasteiger partial charge in [0.15, 0.2) is 5.96 Å². The molecule has 2 N–H and O–H groups in total. The Hall–Kier alpha value is -1.91. The lowest BCUT2D eigenvalue weighted by Crippen LogP contribution is -2.39. The van der Waals surface area contributed by atoms with E-state index in [1.807, 2.05) is 14.0 Å². The van der Waals surface area contributed by atoms with Gasteiger partial charge in [-0.05, 0) is 19.1 Å². The summed E-state index contributed by atoms with van der Waals surface area (Å²) >= 11 is 0. The minimum Gasteiger partial charge on any atom is -0.492 e. The quantitative estimate of drug-likeness (QED) is 0.292. The molecule has 0 spiro atoms. The molecular weight excluding hydrogens is 426 g/mol. The maximum Gasteiger partial charge on any atom is 0.191 e. The number of halogens is 2. The second-order valence-corrected chi connectivity index (χ2v) is 4.73. The van der Waals surface area contributed by atoms with Crippen LogP contribution in [0.25, 0.3) is 0 Å². The number of nitrogens with one attached hydrogen (secondary N) is 2. The van der Waals surface area contributed by atoms with Crippen molar-refractivity contribution in [3.8, 4) is 5.75 Å². The van der Waals surface area contributed by atoms with E-state index in [1.54, 1.807) is 16.8 Å². The van der Waals surface area contributed by atoms with Crippen molar-refractivity contribution < 1.29 is 9.13 Å². The normalized spacial score (nSPS) is 10.9. The number of nitrogens with zero attached hydrogens (tertiary/aromatic N) is 4. The van der Waals surface area contributed by atoms with Gasteiger partial charge < -0.3 is 15.4 Å². The summed E-state index contributed by atoms with van der Waals surface area (Å²) in [5.41, 5.74) is 0. The number of aromatic nitrogens is 3. The molecule has 0 saturated heterocycles. The molecular formula is C15H22FIN6O. The molecule has 0 saturated carbocycles. The lowest BCUT2D eigenvalue weighted by molar-refractivity contribution is 0.320. The van der Waals surface area contributed by atoms with Crippen LogP contribution in [0.1, 0.15) is 12.7 Å². The van der Waals surface area contributed by atoms with Crippen LogP contribution in [0.4, 0.5) is 4.39 Å². The van der Waals surface area contributed by atoms with Crippen LogP contribution in [0.3, 0.4) is 0 Å². The predicted octanol–water partition coefficient (Wildman–Crippen LogP) is 1.71. The monoisotopic (exact) mass is 448 g/mol. The zero-order valence-electron chi connectivity index (χ0n) is 13.7. The van der Waals surface area contributed by atoms with Crippen molar-refractivity contribution in [1.29, 1.82) is 0 Å². The van der Waals surface area contributed by atoms with Crippen LogP contribution in [0.2, 0.25) is 0 Å². The average molecular weight is 448 g/mol. The number of guanidine groups is 1. The molecule has 2 aromatic rings. The third kappa shape index (κ3) is 6.69. The zero-order valence-corrected chi connectivity index (χ0v) is 16.0. The van der Waals surface area contributed by atoms with Crippen molar-refractivity contribution in [3.05, 3.63) is 42.2 Å². The standard InChI is InChI=1S/C15H21FN6O.HI/c1-3-17-15(19-10-14-20-11-21-22(14)2)18-7-8-23-13-6-4-5-12(16)9-13;/h4-6,9,11H,3,7-8,10H2,1-2H3,(H2,17,18,19);1H. The van der Waals surface area contributed by atoms with Gasteiger partial charge in [-0.15, -0.1) is 24.0 Å². The molecule has 1 aromatic carbocycles. The van der Waals surface area contributed by atoms with Crippen LogP contribution < -0.4 is 15.4 Å². The smallest absolute Gasteiger partial charge is 0.191 e. The Labute approximate surface area is 157 Å². The summed E-state index contributed by atoms with van der Waals surface area (Å²) in [5.74, 6) is 1.64. The van der Waals surface area contributed by atoms with Crippen molar-refractivity contribution in [3.63, 3.8) is 0 Å². The topological polar surface area (TPSA) is 76.4 Å². The van der Waals surface area contributed by atoms with Crippen LogP contribution in [0.15, 0.2) is 35.6 Å². The highest BCUT2D eigenvalue weighted by Gasteiger charge is 2.02. The van der Waals surface area contributed by atoms with Crippen molar-refractivity contribution in [2.45, 2.75) is 13.5 Å². The van der Waals surface area contributed by atoms with Crippen LogP contribution in [0, 0.1) is 5.82 Å². The molecule has 1 heterocycles. The SMILES string of the molecule is CCNC(=NCc1ncnn1C)NCCOc1cccc(F)c1.I. The number of aliphatic imine (C=N–C) groups is 1. The highest BCUT2D eigenvalue weighted by Crippen LogP contribution is 2.11. The van der Waals surface area contributed by atoms with Gasteiger partial charge in [0.25, 0.3) is 0 Å². The fourth-order valence-electron chi connectivity index (χ4n) is 1.85. The first-order chi connectivity index (χ1) is 11.2. The number of benzene rings is 1. The Kier molecular flexibility index (Phi) is 9.05. The molecule has 0 aliphatic rings. The van der Waals surface area contributed by atoms with Gasteiger partial charge in [0, 0.05) is 19.7 Å². The fourth-order valence-corrected chi connectivity index (χ4v) is 1.85. The number of aryl methyl sites for hydroxylation is 1. The highest BCUT2D eigenvalue weighted by atomic mass is 127. The zero-order chi connectivity index (χ0) is 16.5. The van der Waals surface area contributed by atoms with Crippen LogP contribution in [-0.4, -0.2) is 40.4 Å². The van der Waals surface area contributed by atoms with Gasteiger partial charge in [-0.1, -0.05) is 6.07 Å². The Bertz CT molecular complexity index is 648. The molecule has 0 amide bonds. The fraction of sp³-hybridized carbons (Fsp3) is 0.400. The molecule has 1 aromatic heterocycles. The van der Waals surface area contributed by atoms with Gasteiger partial charge in [0.1, 0.15) is 36.9 Å². The molecule has 0 atom stereocenters. The van der Waals surface area contributed by atoms with Gasteiger partial charge in [-0.25, -0.2) is 14.4 Å². The molecule has 0 fully saturated rings. The largest absolute Gasteiger partial charge is 0.492 e. The first-order valence-corrected chi connectivity index (χ1v) is 7.42. The molecule has 7 nitrogen and oxygen atoms in total.